The summed E-state index contributed by atoms with van der Waals surface area (Å²) < 4.78 is 11.7. The van der Waals surface area contributed by atoms with Gasteiger partial charge in [-0.25, -0.2) is 0 Å². The first-order valence-electron chi connectivity index (χ1n) is 10.8. The maximum atomic E-state index is 12.9. The number of methoxy groups -OCH3 is 1. The van der Waals surface area contributed by atoms with Gasteiger partial charge < -0.3 is 14.8 Å². The first-order valence-corrected chi connectivity index (χ1v) is 13.2. The topological polar surface area (TPSA) is 84.9 Å². The maximum absolute atomic E-state index is 12.9. The zero-order chi connectivity index (χ0) is 26.5. The summed E-state index contributed by atoms with van der Waals surface area (Å²) >= 11 is 16.1. The number of hydrogen-bond acceptors (Lipinski definition) is 6. The Morgan fingerprint density at radius 1 is 1.05 bits per heavy atom. The summed E-state index contributed by atoms with van der Waals surface area (Å²) in [7, 11) is 1.47. The molecule has 1 heterocycles. The van der Waals surface area contributed by atoms with Crippen molar-refractivity contribution in [2.75, 3.05) is 19.0 Å². The molecule has 0 aromatic heterocycles. The minimum atomic E-state index is -0.381. The molecular weight excluding hydrogens is 603 g/mol. The van der Waals surface area contributed by atoms with Crippen LogP contribution in [0.25, 0.3) is 6.08 Å². The highest BCUT2D eigenvalue weighted by molar-refractivity contribution is 9.10. The fraction of sp³-hybridized carbons (Fsp3) is 0.115. The fourth-order valence-corrected chi connectivity index (χ4v) is 4.76. The first kappa shape index (κ1) is 27.1. The van der Waals surface area contributed by atoms with Crippen molar-refractivity contribution in [1.29, 1.82) is 0 Å². The van der Waals surface area contributed by atoms with Crippen LogP contribution in [0.5, 0.6) is 11.5 Å². The van der Waals surface area contributed by atoms with Crippen molar-refractivity contribution in [2.24, 2.45) is 0 Å². The van der Waals surface area contributed by atoms with Gasteiger partial charge >= 0.3 is 0 Å². The van der Waals surface area contributed by atoms with Crippen LogP contribution in [0.1, 0.15) is 11.1 Å². The molecule has 0 atom stereocenters. The van der Waals surface area contributed by atoms with E-state index in [9.17, 15) is 14.4 Å². The number of ether oxygens (including phenoxy) is 2. The van der Waals surface area contributed by atoms with Gasteiger partial charge in [-0.3, -0.25) is 19.3 Å². The number of nitrogens with one attached hydrogen (secondary N) is 1. The van der Waals surface area contributed by atoms with Crippen LogP contribution < -0.4 is 14.8 Å². The Labute approximate surface area is 235 Å². The minimum Gasteiger partial charge on any atom is -0.493 e. The van der Waals surface area contributed by atoms with Crippen molar-refractivity contribution in [3.05, 3.63) is 91.2 Å². The van der Waals surface area contributed by atoms with Gasteiger partial charge in [0, 0.05) is 15.2 Å². The van der Waals surface area contributed by atoms with Gasteiger partial charge in [0.2, 0.25) is 0 Å². The lowest BCUT2D eigenvalue weighted by atomic mass is 10.1. The van der Waals surface area contributed by atoms with Gasteiger partial charge in [-0.1, -0.05) is 41.4 Å². The first-order chi connectivity index (χ1) is 17.7. The van der Waals surface area contributed by atoms with Gasteiger partial charge in [0.05, 0.1) is 23.6 Å². The maximum Gasteiger partial charge on any atom is 0.293 e. The van der Waals surface area contributed by atoms with Crippen LogP contribution >= 0.6 is 50.9 Å². The zero-order valence-corrected chi connectivity index (χ0v) is 23.2. The Morgan fingerprint density at radius 3 is 2.51 bits per heavy atom. The normalized spacial score (nSPS) is 14.3. The average Bonchev–Trinajstić information content (AvgIpc) is 3.13. The van der Waals surface area contributed by atoms with Gasteiger partial charge in [-0.2, -0.15) is 0 Å². The van der Waals surface area contributed by atoms with E-state index < -0.39 is 0 Å². The molecule has 1 N–H and O–H groups in total. The quantitative estimate of drug-likeness (QED) is 0.272. The molecule has 0 saturated carbocycles. The van der Waals surface area contributed by atoms with Crippen molar-refractivity contribution in [1.82, 2.24) is 4.90 Å². The van der Waals surface area contributed by atoms with Gasteiger partial charge in [-0.05, 0) is 87.4 Å². The molecule has 1 aliphatic heterocycles. The van der Waals surface area contributed by atoms with Gasteiger partial charge in [0.15, 0.2) is 18.1 Å². The van der Waals surface area contributed by atoms with Gasteiger partial charge in [-0.15, -0.1) is 0 Å². The largest absolute Gasteiger partial charge is 0.493 e. The Balaban J connectivity index is 1.41. The Bertz CT molecular complexity index is 1400. The molecule has 0 bridgehead atoms. The second kappa shape index (κ2) is 12.0. The predicted octanol–water partition coefficient (Wildman–Crippen LogP) is 7.02. The van der Waals surface area contributed by atoms with E-state index in [1.165, 1.54) is 12.0 Å². The molecule has 1 fully saturated rings. The lowest BCUT2D eigenvalue weighted by Gasteiger charge is -2.13. The monoisotopic (exact) mass is 620 g/mol. The van der Waals surface area contributed by atoms with Gasteiger partial charge in [0.25, 0.3) is 17.1 Å². The van der Waals surface area contributed by atoms with Crippen molar-refractivity contribution in [3.63, 3.8) is 0 Å². The number of hydrogen-bond donors (Lipinski definition) is 1. The van der Waals surface area contributed by atoms with Crippen molar-refractivity contribution in [2.45, 2.75) is 6.54 Å². The van der Waals surface area contributed by atoms with E-state index in [1.807, 2.05) is 0 Å². The van der Waals surface area contributed by atoms with Crippen LogP contribution in [0.3, 0.4) is 0 Å². The zero-order valence-electron chi connectivity index (χ0n) is 19.3. The van der Waals surface area contributed by atoms with Crippen molar-refractivity contribution >= 4 is 79.7 Å². The molecule has 0 unspecified atom stereocenters. The highest BCUT2D eigenvalue weighted by Gasteiger charge is 2.35. The molecule has 1 aliphatic rings. The summed E-state index contributed by atoms with van der Waals surface area (Å²) in [5.74, 6) is -0.0408. The molecule has 7 nitrogen and oxygen atoms in total. The summed E-state index contributed by atoms with van der Waals surface area (Å²) in [5, 5.41) is 3.41. The summed E-state index contributed by atoms with van der Waals surface area (Å²) in [4.78, 5) is 39.1. The third-order valence-electron chi connectivity index (χ3n) is 5.18. The molecule has 3 aromatic carbocycles. The number of thioether (sulfide) groups is 1. The molecule has 190 valence electrons. The number of benzene rings is 3. The lowest BCUT2D eigenvalue weighted by Crippen LogP contribution is -2.27. The molecular formula is C26H19BrCl2N2O5S. The molecule has 0 spiro atoms. The lowest BCUT2D eigenvalue weighted by molar-refractivity contribution is -0.123. The standard InChI is InChI=1S/C26H19BrCl2N2O5S/c1-35-22-10-16(4-9-21(22)36-14-24(32)30-18-7-8-19(27)20(29)12-18)11-23-25(33)31(26(34)37-23)13-15-2-5-17(28)6-3-15/h2-12H,13-14H2,1H3,(H,30,32)/b23-11-. The Hall–Kier alpha value is -2.98. The molecule has 0 aliphatic carbocycles. The van der Waals surface area contributed by atoms with E-state index in [4.69, 9.17) is 32.7 Å². The van der Waals surface area contributed by atoms with Crippen LogP contribution in [-0.4, -0.2) is 35.7 Å². The highest BCUT2D eigenvalue weighted by Crippen LogP contribution is 2.35. The smallest absolute Gasteiger partial charge is 0.293 e. The molecule has 3 aromatic rings. The fourth-order valence-electron chi connectivity index (χ4n) is 3.37. The number of amides is 3. The van der Waals surface area contributed by atoms with Crippen LogP contribution in [0, 0.1) is 0 Å². The van der Waals surface area contributed by atoms with E-state index >= 15 is 0 Å². The summed E-state index contributed by atoms with van der Waals surface area (Å²) in [6.45, 7) is -0.100. The molecule has 4 rings (SSSR count). The van der Waals surface area contributed by atoms with E-state index in [-0.39, 0.29) is 30.2 Å². The van der Waals surface area contributed by atoms with E-state index in [2.05, 4.69) is 21.2 Å². The van der Waals surface area contributed by atoms with E-state index in [0.717, 1.165) is 21.8 Å². The number of imide groups is 1. The SMILES string of the molecule is COc1cc(/C=C2\SC(=O)N(Cc3ccc(Cl)cc3)C2=O)ccc1OCC(=O)Nc1ccc(Br)c(Cl)c1. The molecule has 1 saturated heterocycles. The Kier molecular flexibility index (Phi) is 8.81. The average molecular weight is 622 g/mol. The second-order valence-corrected chi connectivity index (χ2v) is 10.5. The number of rotatable bonds is 8. The molecule has 3 amide bonds. The second-order valence-electron chi connectivity index (χ2n) is 7.77. The third kappa shape index (κ3) is 6.87. The van der Waals surface area contributed by atoms with E-state index in [0.29, 0.717) is 37.7 Å². The molecule has 11 heteroatoms. The Morgan fingerprint density at radius 2 is 1.81 bits per heavy atom. The van der Waals surface area contributed by atoms with Crippen LogP contribution in [0.4, 0.5) is 10.5 Å². The van der Waals surface area contributed by atoms with Crippen molar-refractivity contribution in [3.8, 4) is 11.5 Å². The summed E-state index contributed by atoms with van der Waals surface area (Å²) in [5.41, 5.74) is 1.97. The van der Waals surface area contributed by atoms with Crippen LogP contribution in [-0.2, 0) is 16.1 Å². The number of nitrogens with zero attached hydrogens (tertiary/aromatic N) is 1. The molecule has 37 heavy (non-hydrogen) atoms. The molecule has 0 radical (unpaired) electrons. The van der Waals surface area contributed by atoms with Crippen molar-refractivity contribution < 1.29 is 23.9 Å². The third-order valence-corrected chi connectivity index (χ3v) is 7.57. The number of carbonyl (C=O) groups is 3. The number of halogens is 3. The summed E-state index contributed by atoms with van der Waals surface area (Å²) in [6, 6.07) is 17.0. The highest BCUT2D eigenvalue weighted by atomic mass is 79.9. The predicted molar refractivity (Wildman–Crippen MR) is 149 cm³/mol. The van der Waals surface area contributed by atoms with E-state index in [1.54, 1.807) is 66.7 Å². The summed E-state index contributed by atoms with van der Waals surface area (Å²) in [6.07, 6.45) is 1.61. The van der Waals surface area contributed by atoms with Crippen LogP contribution in [0.15, 0.2) is 70.0 Å². The minimum absolute atomic E-state index is 0.157. The number of anilines is 1. The number of carbonyl (C=O) groups excluding carboxylic acids is 3. The van der Waals surface area contributed by atoms with Crippen LogP contribution in [0.2, 0.25) is 10.0 Å². The van der Waals surface area contributed by atoms with Gasteiger partial charge in [0.1, 0.15) is 0 Å².